The van der Waals surface area contributed by atoms with E-state index in [0.717, 1.165) is 12.5 Å². The van der Waals surface area contributed by atoms with Crippen molar-refractivity contribution in [1.82, 2.24) is 0 Å². The van der Waals surface area contributed by atoms with E-state index in [1.54, 1.807) is 12.2 Å². The van der Waals surface area contributed by atoms with Gasteiger partial charge >= 0.3 is 0 Å². The SMILES string of the molecule is CC1=CCC(C(C)(F)F)C=C1. The molecule has 0 aromatic heterocycles. The maximum Gasteiger partial charge on any atom is 0.251 e. The summed E-state index contributed by atoms with van der Waals surface area (Å²) in [6.45, 7) is 2.89. The van der Waals surface area contributed by atoms with Crippen LogP contribution < -0.4 is 0 Å². The number of alkyl halides is 2. The Balaban J connectivity index is 2.63. The quantitative estimate of drug-likeness (QED) is 0.549. The number of hydrogen-bond acceptors (Lipinski definition) is 0. The predicted octanol–water partition coefficient (Wildman–Crippen LogP) is 3.16. The molecule has 1 aliphatic carbocycles. The molecular formula is C9H12F2. The highest BCUT2D eigenvalue weighted by Crippen LogP contribution is 2.30. The van der Waals surface area contributed by atoms with E-state index in [1.165, 1.54) is 0 Å². The summed E-state index contributed by atoms with van der Waals surface area (Å²) < 4.78 is 25.3. The van der Waals surface area contributed by atoms with Gasteiger partial charge in [-0.25, -0.2) is 8.78 Å². The van der Waals surface area contributed by atoms with Gasteiger partial charge in [0.15, 0.2) is 0 Å². The molecule has 1 rings (SSSR count). The van der Waals surface area contributed by atoms with Crippen LogP contribution in [0.3, 0.4) is 0 Å². The van der Waals surface area contributed by atoms with E-state index in [1.807, 2.05) is 13.0 Å². The molecule has 0 aromatic rings. The van der Waals surface area contributed by atoms with Gasteiger partial charge < -0.3 is 0 Å². The van der Waals surface area contributed by atoms with Crippen LogP contribution in [0.15, 0.2) is 23.8 Å². The van der Waals surface area contributed by atoms with Crippen molar-refractivity contribution in [2.75, 3.05) is 0 Å². The van der Waals surface area contributed by atoms with Gasteiger partial charge in [-0.3, -0.25) is 0 Å². The average molecular weight is 158 g/mol. The molecule has 0 aliphatic heterocycles. The zero-order chi connectivity index (χ0) is 8.48. The molecule has 0 heterocycles. The summed E-state index contributed by atoms with van der Waals surface area (Å²) in [5, 5.41) is 0. The first-order valence-corrected chi connectivity index (χ1v) is 3.73. The molecule has 1 atom stereocenters. The fraction of sp³-hybridized carbons (Fsp3) is 0.556. The average Bonchev–Trinajstić information content (AvgIpc) is 1.86. The molecule has 62 valence electrons. The Bertz CT molecular complexity index is 196. The molecule has 2 heteroatoms. The Kier molecular flexibility index (Phi) is 2.12. The molecule has 0 N–H and O–H groups in total. The second-order valence-electron chi connectivity index (χ2n) is 3.11. The van der Waals surface area contributed by atoms with Crippen molar-refractivity contribution in [2.45, 2.75) is 26.2 Å². The van der Waals surface area contributed by atoms with Crippen molar-refractivity contribution in [3.63, 3.8) is 0 Å². The monoisotopic (exact) mass is 158 g/mol. The van der Waals surface area contributed by atoms with Crippen molar-refractivity contribution in [1.29, 1.82) is 0 Å². The smallest absolute Gasteiger partial charge is 0.207 e. The van der Waals surface area contributed by atoms with Gasteiger partial charge in [-0.2, -0.15) is 0 Å². The van der Waals surface area contributed by atoms with Crippen LogP contribution in [0, 0.1) is 5.92 Å². The first-order chi connectivity index (χ1) is 5.00. The van der Waals surface area contributed by atoms with Crippen LogP contribution >= 0.6 is 0 Å². The number of halogens is 2. The van der Waals surface area contributed by atoms with Gasteiger partial charge in [0.2, 0.25) is 0 Å². The summed E-state index contributed by atoms with van der Waals surface area (Å²) in [6.07, 6.45) is 5.66. The van der Waals surface area contributed by atoms with Crippen molar-refractivity contribution in [2.24, 2.45) is 5.92 Å². The van der Waals surface area contributed by atoms with Crippen LogP contribution in [0.2, 0.25) is 0 Å². The highest BCUT2D eigenvalue weighted by molar-refractivity contribution is 5.22. The van der Waals surface area contributed by atoms with E-state index in [2.05, 4.69) is 0 Å². The normalized spacial score (nSPS) is 25.1. The van der Waals surface area contributed by atoms with E-state index >= 15 is 0 Å². The van der Waals surface area contributed by atoms with E-state index in [-0.39, 0.29) is 0 Å². The molecular weight excluding hydrogens is 146 g/mol. The first-order valence-electron chi connectivity index (χ1n) is 3.73. The zero-order valence-electron chi connectivity index (χ0n) is 6.77. The highest BCUT2D eigenvalue weighted by Gasteiger charge is 2.31. The summed E-state index contributed by atoms with van der Waals surface area (Å²) in [5.74, 6) is -3.18. The van der Waals surface area contributed by atoms with Crippen molar-refractivity contribution in [3.8, 4) is 0 Å². The van der Waals surface area contributed by atoms with Crippen molar-refractivity contribution < 1.29 is 8.78 Å². The van der Waals surface area contributed by atoms with Crippen molar-refractivity contribution in [3.05, 3.63) is 23.8 Å². The minimum atomic E-state index is -2.58. The second-order valence-corrected chi connectivity index (χ2v) is 3.11. The van der Waals surface area contributed by atoms with Gasteiger partial charge in [-0.1, -0.05) is 23.8 Å². The maximum absolute atomic E-state index is 12.7. The van der Waals surface area contributed by atoms with E-state index in [9.17, 15) is 8.78 Å². The van der Waals surface area contributed by atoms with Crippen LogP contribution in [-0.4, -0.2) is 5.92 Å². The molecule has 0 nitrogen and oxygen atoms in total. The predicted molar refractivity (Wildman–Crippen MR) is 41.6 cm³/mol. The molecule has 0 saturated heterocycles. The summed E-state index contributed by atoms with van der Waals surface area (Å²) in [7, 11) is 0. The Morgan fingerprint density at radius 3 is 2.55 bits per heavy atom. The van der Waals surface area contributed by atoms with Crippen LogP contribution in [0.25, 0.3) is 0 Å². The lowest BCUT2D eigenvalue weighted by Gasteiger charge is -2.21. The summed E-state index contributed by atoms with van der Waals surface area (Å²) in [6, 6.07) is 0. The van der Waals surface area contributed by atoms with Crippen LogP contribution in [0.1, 0.15) is 20.3 Å². The highest BCUT2D eigenvalue weighted by atomic mass is 19.3. The van der Waals surface area contributed by atoms with Crippen LogP contribution in [-0.2, 0) is 0 Å². The fourth-order valence-corrected chi connectivity index (χ4v) is 1.10. The molecule has 0 fully saturated rings. The largest absolute Gasteiger partial charge is 0.251 e. The van der Waals surface area contributed by atoms with Gasteiger partial charge in [0.05, 0.1) is 0 Å². The molecule has 0 amide bonds. The molecule has 0 spiro atoms. The lowest BCUT2D eigenvalue weighted by molar-refractivity contribution is -0.0202. The lowest BCUT2D eigenvalue weighted by atomic mass is 9.92. The second kappa shape index (κ2) is 2.76. The topological polar surface area (TPSA) is 0 Å². The van der Waals surface area contributed by atoms with E-state index in [4.69, 9.17) is 0 Å². The fourth-order valence-electron chi connectivity index (χ4n) is 1.10. The third-order valence-electron chi connectivity index (χ3n) is 1.94. The van der Waals surface area contributed by atoms with Gasteiger partial charge in [0.25, 0.3) is 5.92 Å². The molecule has 0 radical (unpaired) electrons. The maximum atomic E-state index is 12.7. The molecule has 0 aromatic carbocycles. The number of allylic oxidation sites excluding steroid dienone is 4. The molecule has 0 bridgehead atoms. The summed E-state index contributed by atoms with van der Waals surface area (Å²) in [4.78, 5) is 0. The standard InChI is InChI=1S/C9H12F2/c1-7-3-5-8(6-4-7)9(2,10)11/h3-5,8H,6H2,1-2H3. The van der Waals surface area contributed by atoms with E-state index in [0.29, 0.717) is 6.42 Å². The lowest BCUT2D eigenvalue weighted by Crippen LogP contribution is -2.22. The third kappa shape index (κ3) is 2.14. The van der Waals surface area contributed by atoms with Crippen LogP contribution in [0.5, 0.6) is 0 Å². The van der Waals surface area contributed by atoms with Crippen molar-refractivity contribution >= 4 is 0 Å². The number of rotatable bonds is 1. The minimum absolute atomic E-state index is 0.464. The molecule has 1 aliphatic rings. The Hall–Kier alpha value is -0.660. The first kappa shape index (κ1) is 8.44. The van der Waals surface area contributed by atoms with Gasteiger partial charge in [0, 0.05) is 5.92 Å². The Morgan fingerprint density at radius 1 is 1.55 bits per heavy atom. The van der Waals surface area contributed by atoms with Gasteiger partial charge in [-0.05, 0) is 20.3 Å². The van der Waals surface area contributed by atoms with E-state index < -0.39 is 11.8 Å². The molecule has 11 heavy (non-hydrogen) atoms. The zero-order valence-corrected chi connectivity index (χ0v) is 6.77. The summed E-state index contributed by atoms with van der Waals surface area (Å²) >= 11 is 0. The summed E-state index contributed by atoms with van der Waals surface area (Å²) in [5.41, 5.74) is 1.07. The van der Waals surface area contributed by atoms with Gasteiger partial charge in [-0.15, -0.1) is 0 Å². The minimum Gasteiger partial charge on any atom is -0.207 e. The third-order valence-corrected chi connectivity index (χ3v) is 1.94. The number of hydrogen-bond donors (Lipinski definition) is 0. The van der Waals surface area contributed by atoms with Gasteiger partial charge in [0.1, 0.15) is 0 Å². The molecule has 1 unspecified atom stereocenters. The molecule has 0 saturated carbocycles. The van der Waals surface area contributed by atoms with Crippen LogP contribution in [0.4, 0.5) is 8.78 Å². The Labute approximate surface area is 65.6 Å². The Morgan fingerprint density at radius 2 is 2.18 bits per heavy atom.